The van der Waals surface area contributed by atoms with Gasteiger partial charge in [0.1, 0.15) is 10.5 Å². The van der Waals surface area contributed by atoms with Gasteiger partial charge in [-0.25, -0.2) is 14.7 Å². The molecule has 1 aromatic heterocycles. The molecule has 2 aliphatic heterocycles. The molecule has 0 aromatic carbocycles. The van der Waals surface area contributed by atoms with Crippen LogP contribution in [0.5, 0.6) is 0 Å². The highest BCUT2D eigenvalue weighted by molar-refractivity contribution is 7.09. The van der Waals surface area contributed by atoms with Crippen LogP contribution in [0.4, 0.5) is 4.79 Å². The van der Waals surface area contributed by atoms with E-state index in [9.17, 15) is 14.4 Å². The third-order valence-corrected chi connectivity index (χ3v) is 7.09. The summed E-state index contributed by atoms with van der Waals surface area (Å²) in [6.45, 7) is 5.10. The lowest BCUT2D eigenvalue weighted by Crippen LogP contribution is -3.16. The van der Waals surface area contributed by atoms with Crippen LogP contribution >= 0.6 is 11.3 Å². The first kappa shape index (κ1) is 19.3. The first-order valence-corrected chi connectivity index (χ1v) is 11.0. The third-order valence-electron chi connectivity index (χ3n) is 6.13. The van der Waals surface area contributed by atoms with Crippen LogP contribution in [-0.4, -0.2) is 71.0 Å². The van der Waals surface area contributed by atoms with Crippen LogP contribution in [0.1, 0.15) is 42.8 Å². The fourth-order valence-electron chi connectivity index (χ4n) is 4.49. The number of imide groups is 1. The summed E-state index contributed by atoms with van der Waals surface area (Å²) in [6.07, 6.45) is 4.97. The number of aryl methyl sites for hydroxylation is 1. The summed E-state index contributed by atoms with van der Waals surface area (Å²) in [5, 5.41) is 5.78. The molecule has 0 radical (unpaired) electrons. The number of nitrogens with zero attached hydrogens (tertiary/aromatic N) is 3. The minimum absolute atomic E-state index is 0.0534. The fraction of sp³-hybridized carbons (Fsp3) is 0.684. The Morgan fingerprint density at radius 1 is 1.25 bits per heavy atom. The molecule has 1 aromatic rings. The molecule has 1 spiro atoms. The minimum Gasteiger partial charge on any atom is -0.331 e. The molecule has 2 N–H and O–H groups in total. The van der Waals surface area contributed by atoms with Crippen molar-refractivity contribution < 1.29 is 19.3 Å². The number of hydrogen-bond acceptors (Lipinski definition) is 5. The predicted molar refractivity (Wildman–Crippen MR) is 104 cm³/mol. The Bertz CT molecular complexity index is 765. The van der Waals surface area contributed by atoms with Crippen LogP contribution in [0.2, 0.25) is 0 Å². The van der Waals surface area contributed by atoms with Crippen molar-refractivity contribution in [2.75, 3.05) is 32.8 Å². The average Bonchev–Trinajstić information content (AvgIpc) is 3.19. The minimum atomic E-state index is -0.654. The molecule has 0 atom stereocenters. The number of piperazine rings is 1. The first-order valence-electron chi connectivity index (χ1n) is 10.1. The van der Waals surface area contributed by atoms with Gasteiger partial charge < -0.3 is 15.1 Å². The number of aromatic nitrogens is 1. The Labute approximate surface area is 168 Å². The second-order valence-electron chi connectivity index (χ2n) is 8.15. The van der Waals surface area contributed by atoms with Crippen LogP contribution in [0.15, 0.2) is 5.38 Å². The molecule has 4 amide bonds. The van der Waals surface area contributed by atoms with Crippen LogP contribution < -0.4 is 10.2 Å². The van der Waals surface area contributed by atoms with Gasteiger partial charge in [-0.1, -0.05) is 19.3 Å². The molecular formula is C19H28N5O3S+. The van der Waals surface area contributed by atoms with Gasteiger partial charge in [0.15, 0.2) is 6.67 Å². The summed E-state index contributed by atoms with van der Waals surface area (Å²) >= 11 is 1.52. The molecule has 3 fully saturated rings. The Kier molecular flexibility index (Phi) is 5.37. The van der Waals surface area contributed by atoms with E-state index in [1.165, 1.54) is 21.1 Å². The van der Waals surface area contributed by atoms with Gasteiger partial charge in [-0.05, 0) is 19.8 Å². The monoisotopic (exact) mass is 406 g/mol. The second-order valence-corrected chi connectivity index (χ2v) is 9.10. The van der Waals surface area contributed by atoms with Gasteiger partial charge in [0.05, 0.1) is 32.6 Å². The maximum absolute atomic E-state index is 12.9. The van der Waals surface area contributed by atoms with Crippen molar-refractivity contribution in [1.29, 1.82) is 0 Å². The number of hydrogen-bond donors (Lipinski definition) is 2. The zero-order valence-electron chi connectivity index (χ0n) is 16.3. The van der Waals surface area contributed by atoms with Crippen molar-refractivity contribution in [3.05, 3.63) is 16.1 Å². The lowest BCUT2D eigenvalue weighted by Gasteiger charge is -2.34. The van der Waals surface area contributed by atoms with Gasteiger partial charge in [0.2, 0.25) is 5.91 Å². The zero-order valence-corrected chi connectivity index (χ0v) is 17.1. The molecule has 152 valence electrons. The topological polar surface area (TPSA) is 87.0 Å². The van der Waals surface area contributed by atoms with Gasteiger partial charge in [-0.3, -0.25) is 9.59 Å². The zero-order chi connectivity index (χ0) is 19.7. The molecule has 3 heterocycles. The molecule has 1 saturated carbocycles. The smallest absolute Gasteiger partial charge is 0.329 e. The standard InChI is InChI=1S/C19H27N5O3S/c1-14-12-28-15(20-14)11-16(25)23-9-7-22(8-10-23)13-24-17(26)19(21-18(24)27)5-3-2-4-6-19/h12H,2-11,13H2,1H3,(H,21,27)/p+1. The number of carbonyl (C=O) groups is 3. The Hall–Kier alpha value is -2.00. The summed E-state index contributed by atoms with van der Waals surface area (Å²) in [7, 11) is 0. The van der Waals surface area contributed by atoms with Crippen molar-refractivity contribution in [1.82, 2.24) is 20.1 Å². The summed E-state index contributed by atoms with van der Waals surface area (Å²) in [4.78, 5) is 46.6. The normalized spacial score (nSPS) is 22.8. The van der Waals surface area contributed by atoms with Gasteiger partial charge in [0, 0.05) is 11.1 Å². The van der Waals surface area contributed by atoms with Gasteiger partial charge in [0.25, 0.3) is 5.91 Å². The molecule has 1 aliphatic carbocycles. The van der Waals surface area contributed by atoms with Crippen LogP contribution in [0, 0.1) is 6.92 Å². The maximum Gasteiger partial charge on any atom is 0.329 e. The van der Waals surface area contributed by atoms with Gasteiger partial charge >= 0.3 is 6.03 Å². The predicted octanol–water partition coefficient (Wildman–Crippen LogP) is -0.0667. The Balaban J connectivity index is 1.29. The van der Waals surface area contributed by atoms with Gasteiger partial charge in [-0.15, -0.1) is 11.3 Å². The molecule has 0 unspecified atom stereocenters. The van der Waals surface area contributed by atoms with E-state index >= 15 is 0 Å². The fourth-order valence-corrected chi connectivity index (χ4v) is 5.26. The molecule has 9 heteroatoms. The van der Waals surface area contributed by atoms with E-state index in [4.69, 9.17) is 0 Å². The van der Waals surface area contributed by atoms with E-state index in [1.807, 2.05) is 17.2 Å². The first-order chi connectivity index (χ1) is 13.5. The average molecular weight is 407 g/mol. The lowest BCUT2D eigenvalue weighted by molar-refractivity contribution is -0.911. The van der Waals surface area contributed by atoms with Crippen molar-refractivity contribution in [3.8, 4) is 0 Å². The number of urea groups is 1. The summed E-state index contributed by atoms with van der Waals surface area (Å²) in [5.41, 5.74) is 0.296. The van der Waals surface area contributed by atoms with E-state index in [-0.39, 0.29) is 17.8 Å². The van der Waals surface area contributed by atoms with E-state index in [2.05, 4.69) is 10.3 Å². The Morgan fingerprint density at radius 2 is 1.96 bits per heavy atom. The van der Waals surface area contributed by atoms with E-state index in [0.29, 0.717) is 26.2 Å². The number of nitrogens with one attached hydrogen (secondary N) is 2. The molecule has 0 bridgehead atoms. The largest absolute Gasteiger partial charge is 0.331 e. The molecule has 28 heavy (non-hydrogen) atoms. The summed E-state index contributed by atoms with van der Waals surface area (Å²) in [6, 6.07) is -0.253. The van der Waals surface area contributed by atoms with Crippen molar-refractivity contribution in [2.24, 2.45) is 0 Å². The molecule has 8 nitrogen and oxygen atoms in total. The van der Waals surface area contributed by atoms with Crippen LogP contribution in [-0.2, 0) is 16.0 Å². The number of carbonyl (C=O) groups excluding carboxylic acids is 3. The van der Waals surface area contributed by atoms with E-state index < -0.39 is 5.54 Å². The SMILES string of the molecule is Cc1csc(CC(=O)N2CC[NH+](CN3C(=O)NC4(CCCCC4)C3=O)CC2)n1. The molecule has 4 rings (SSSR count). The summed E-state index contributed by atoms with van der Waals surface area (Å²) < 4.78 is 0. The second kappa shape index (κ2) is 7.79. The molecule has 2 saturated heterocycles. The van der Waals surface area contributed by atoms with E-state index in [1.54, 1.807) is 0 Å². The number of amides is 4. The highest BCUT2D eigenvalue weighted by Crippen LogP contribution is 2.33. The quantitative estimate of drug-likeness (QED) is 0.686. The highest BCUT2D eigenvalue weighted by atomic mass is 32.1. The number of thiazole rings is 1. The van der Waals surface area contributed by atoms with Crippen molar-refractivity contribution in [2.45, 2.75) is 51.0 Å². The van der Waals surface area contributed by atoms with Gasteiger partial charge in [-0.2, -0.15) is 0 Å². The summed E-state index contributed by atoms with van der Waals surface area (Å²) in [5.74, 6) is 0.0481. The maximum atomic E-state index is 12.9. The number of rotatable bonds is 4. The lowest BCUT2D eigenvalue weighted by atomic mass is 9.82. The van der Waals surface area contributed by atoms with Crippen molar-refractivity contribution in [3.63, 3.8) is 0 Å². The van der Waals surface area contributed by atoms with Crippen LogP contribution in [0.3, 0.4) is 0 Å². The Morgan fingerprint density at radius 3 is 2.61 bits per heavy atom. The van der Waals surface area contributed by atoms with Crippen LogP contribution in [0.25, 0.3) is 0 Å². The molecule has 3 aliphatic rings. The highest BCUT2D eigenvalue weighted by Gasteiger charge is 2.52. The van der Waals surface area contributed by atoms with Crippen molar-refractivity contribution >= 4 is 29.2 Å². The third kappa shape index (κ3) is 3.77. The number of quaternary nitrogens is 1. The molecular weight excluding hydrogens is 378 g/mol. The van der Waals surface area contributed by atoms with E-state index in [0.717, 1.165) is 55.9 Å².